The van der Waals surface area contributed by atoms with E-state index in [1.165, 1.54) is 6.92 Å². The van der Waals surface area contributed by atoms with Gasteiger partial charge in [-0.1, -0.05) is 19.6 Å². The normalized spacial score (nSPS) is 9.56. The summed E-state index contributed by atoms with van der Waals surface area (Å²) < 4.78 is -0.0208. The van der Waals surface area contributed by atoms with Gasteiger partial charge in [0.05, 0.1) is 0 Å². The van der Waals surface area contributed by atoms with Crippen LogP contribution in [-0.2, 0) is 4.79 Å². The quantitative estimate of drug-likeness (QED) is 0.290. The van der Waals surface area contributed by atoms with Crippen LogP contribution in [0.25, 0.3) is 0 Å². The Morgan fingerprint density at radius 2 is 1.44 bits per heavy atom. The van der Waals surface area contributed by atoms with Gasteiger partial charge in [-0.2, -0.15) is 0 Å². The number of rotatable bonds is 0. The van der Waals surface area contributed by atoms with Crippen LogP contribution in [0.5, 0.6) is 0 Å². The van der Waals surface area contributed by atoms with Crippen LogP contribution in [0.4, 0.5) is 0 Å². The predicted molar refractivity (Wildman–Crippen MR) is 57.0 cm³/mol. The Hall–Kier alpha value is 1.10. The molecule has 56 valence electrons. The molecule has 0 N–H and O–H groups in total. The van der Waals surface area contributed by atoms with Gasteiger partial charge in [0, 0.05) is 6.92 Å². The molecule has 0 heterocycles. The molecule has 0 rings (SSSR count). The third-order valence-corrected chi connectivity index (χ3v) is 0. The summed E-state index contributed by atoms with van der Waals surface area (Å²) >= 11 is 5.15. The zero-order valence-corrected chi connectivity index (χ0v) is 10.9. The van der Waals surface area contributed by atoms with Gasteiger partial charge in [-0.3, -0.25) is 4.79 Å². The molecule has 0 aromatic carbocycles. The van der Waals surface area contributed by atoms with Crippen molar-refractivity contribution in [3.05, 3.63) is 0 Å². The van der Waals surface area contributed by atoms with Gasteiger partial charge in [0.2, 0.25) is 0 Å². The highest BCUT2D eigenvalue weighted by molar-refractivity contribution is 14.1. The van der Waals surface area contributed by atoms with E-state index in [-0.39, 0.29) is 4.69 Å². The van der Waals surface area contributed by atoms with Crippen LogP contribution in [0.1, 0.15) is 6.92 Å². The molecule has 0 unspecified atom stereocenters. The fourth-order valence-electron chi connectivity index (χ4n) is 0. The van der Waals surface area contributed by atoms with Crippen molar-refractivity contribution < 1.29 is 4.79 Å². The molecular weight excluding hydrogens is 311 g/mol. The van der Waals surface area contributed by atoms with Crippen LogP contribution in [0.15, 0.2) is 0 Å². The first-order valence-corrected chi connectivity index (χ1v) is 9.99. The standard InChI is InChI=1S/C3H9ISi.C2H3BrO/c1-5(2,3)4;1-2(3)4/h1-3H3;1H3. The van der Waals surface area contributed by atoms with E-state index >= 15 is 0 Å². The lowest BCUT2D eigenvalue weighted by molar-refractivity contribution is -0.108. The summed E-state index contributed by atoms with van der Waals surface area (Å²) in [4.78, 5) is 9.36. The Labute approximate surface area is 78.9 Å². The third-order valence-electron chi connectivity index (χ3n) is 0. The average molecular weight is 323 g/mol. The summed E-state index contributed by atoms with van der Waals surface area (Å²) in [6.45, 7) is 8.38. The summed E-state index contributed by atoms with van der Waals surface area (Å²) in [5.41, 5.74) is -0.641. The molecule has 0 amide bonds. The van der Waals surface area contributed by atoms with Crippen molar-refractivity contribution in [2.75, 3.05) is 0 Å². The second-order valence-corrected chi connectivity index (χ2v) is 17.5. The minimum Gasteiger partial charge on any atom is -0.287 e. The lowest BCUT2D eigenvalue weighted by atomic mass is 11.0. The van der Waals surface area contributed by atoms with Gasteiger partial charge >= 0.3 is 0 Å². The summed E-state index contributed by atoms with van der Waals surface area (Å²) in [5, 5.41) is 0. The van der Waals surface area contributed by atoms with E-state index in [1.54, 1.807) is 0 Å². The van der Waals surface area contributed by atoms with Gasteiger partial charge in [0.15, 0.2) is 4.69 Å². The molecule has 0 saturated heterocycles. The molecular formula is C5H12BrIOSi. The van der Waals surface area contributed by atoms with E-state index in [9.17, 15) is 4.79 Å². The Morgan fingerprint density at radius 3 is 1.44 bits per heavy atom. The van der Waals surface area contributed by atoms with Gasteiger partial charge in [-0.25, -0.2) is 0 Å². The van der Waals surface area contributed by atoms with Crippen molar-refractivity contribution in [2.45, 2.75) is 26.6 Å². The Balaban J connectivity index is 0. The Morgan fingerprint density at radius 1 is 1.44 bits per heavy atom. The van der Waals surface area contributed by atoms with Gasteiger partial charge in [-0.05, 0) is 15.9 Å². The van der Waals surface area contributed by atoms with E-state index in [4.69, 9.17) is 0 Å². The number of carbonyl (C=O) groups is 1. The molecule has 0 fully saturated rings. The highest BCUT2D eigenvalue weighted by Crippen LogP contribution is 2.08. The lowest BCUT2D eigenvalue weighted by Gasteiger charge is -1.98. The summed E-state index contributed by atoms with van der Waals surface area (Å²) in [6.07, 6.45) is 0. The molecule has 0 bridgehead atoms. The molecule has 4 heteroatoms. The van der Waals surface area contributed by atoms with Gasteiger partial charge in [0.1, 0.15) is 5.57 Å². The van der Waals surface area contributed by atoms with Crippen molar-refractivity contribution in [2.24, 2.45) is 0 Å². The number of carbonyl (C=O) groups excluding carboxylic acids is 1. The number of hydrogen-bond acceptors (Lipinski definition) is 1. The van der Waals surface area contributed by atoms with E-state index in [2.05, 4.69) is 57.4 Å². The summed E-state index contributed by atoms with van der Waals surface area (Å²) in [6, 6.07) is 0. The Bertz CT molecular complexity index is 79.4. The second-order valence-electron chi connectivity index (χ2n) is 2.54. The Kier molecular flexibility index (Phi) is 8.28. The fourth-order valence-corrected chi connectivity index (χ4v) is 0. The first-order chi connectivity index (χ1) is 3.73. The molecule has 0 saturated carbocycles. The van der Waals surface area contributed by atoms with Crippen LogP contribution in [-0.4, -0.2) is 10.3 Å². The van der Waals surface area contributed by atoms with Crippen LogP contribution in [0.2, 0.25) is 19.6 Å². The van der Waals surface area contributed by atoms with Crippen LogP contribution >= 0.6 is 37.7 Å². The van der Waals surface area contributed by atoms with E-state index in [1.807, 2.05) is 0 Å². The maximum Gasteiger partial charge on any atom is 0.194 e. The molecule has 0 aliphatic rings. The molecule has 0 aromatic heterocycles. The largest absolute Gasteiger partial charge is 0.287 e. The maximum absolute atomic E-state index is 9.36. The zero-order valence-electron chi connectivity index (χ0n) is 6.16. The average Bonchev–Trinajstić information content (AvgIpc) is 1.19. The fraction of sp³-hybridized carbons (Fsp3) is 0.800. The highest BCUT2D eigenvalue weighted by atomic mass is 127. The molecule has 0 atom stereocenters. The maximum atomic E-state index is 9.36. The van der Waals surface area contributed by atoms with Crippen LogP contribution in [0.3, 0.4) is 0 Å². The van der Waals surface area contributed by atoms with Crippen molar-refractivity contribution in [3.63, 3.8) is 0 Å². The first-order valence-electron chi connectivity index (χ1n) is 2.58. The lowest BCUT2D eigenvalue weighted by Crippen LogP contribution is -2.05. The minimum atomic E-state index is -0.641. The first kappa shape index (κ1) is 12.7. The molecule has 0 aromatic rings. The monoisotopic (exact) mass is 322 g/mol. The van der Waals surface area contributed by atoms with Crippen molar-refractivity contribution >= 4 is 48.0 Å². The van der Waals surface area contributed by atoms with Gasteiger partial charge < -0.3 is 0 Å². The molecule has 0 aliphatic heterocycles. The highest BCUT2D eigenvalue weighted by Gasteiger charge is 2.02. The smallest absolute Gasteiger partial charge is 0.194 e. The van der Waals surface area contributed by atoms with Crippen molar-refractivity contribution in [1.29, 1.82) is 0 Å². The summed E-state index contributed by atoms with van der Waals surface area (Å²) in [7, 11) is 0. The second kappa shape index (κ2) is 5.85. The third kappa shape index (κ3) is 381. The summed E-state index contributed by atoms with van der Waals surface area (Å²) in [5.74, 6) is 0. The number of halogens is 2. The van der Waals surface area contributed by atoms with Gasteiger partial charge in [-0.15, -0.1) is 21.8 Å². The molecule has 9 heavy (non-hydrogen) atoms. The van der Waals surface area contributed by atoms with Gasteiger partial charge in [0.25, 0.3) is 0 Å². The molecule has 0 spiro atoms. The van der Waals surface area contributed by atoms with Crippen LogP contribution < -0.4 is 0 Å². The van der Waals surface area contributed by atoms with Crippen molar-refractivity contribution in [3.8, 4) is 0 Å². The minimum absolute atomic E-state index is 0.0208. The van der Waals surface area contributed by atoms with E-state index < -0.39 is 5.57 Å². The topological polar surface area (TPSA) is 17.1 Å². The van der Waals surface area contributed by atoms with E-state index in [0.717, 1.165) is 0 Å². The number of hydrogen-bond donors (Lipinski definition) is 0. The SMILES string of the molecule is CC(=O)Br.C[Si](C)(C)I. The van der Waals surface area contributed by atoms with Crippen LogP contribution in [0, 0.1) is 0 Å². The molecule has 0 aliphatic carbocycles. The molecule has 1 nitrogen and oxygen atoms in total. The van der Waals surface area contributed by atoms with Crippen molar-refractivity contribution in [1.82, 2.24) is 0 Å². The van der Waals surface area contributed by atoms with E-state index in [0.29, 0.717) is 0 Å². The molecule has 0 radical (unpaired) electrons. The predicted octanol–water partition coefficient (Wildman–Crippen LogP) is 3.18. The zero-order chi connectivity index (χ0) is 8.08.